The highest BCUT2D eigenvalue weighted by atomic mass is 16.5. The van der Waals surface area contributed by atoms with Crippen LogP contribution in [0.4, 0.5) is 0 Å². The number of nitrogens with one attached hydrogen (secondary N) is 1. The number of rotatable bonds is 5. The highest BCUT2D eigenvalue weighted by molar-refractivity contribution is 5.17. The Labute approximate surface area is 91.1 Å². The lowest BCUT2D eigenvalue weighted by atomic mass is 9.96. The van der Waals surface area contributed by atoms with Crippen LogP contribution >= 0.6 is 0 Å². The Hall–Kier alpha value is -1.16. The minimum absolute atomic E-state index is 0.358. The Kier molecular flexibility index (Phi) is 4.49. The summed E-state index contributed by atoms with van der Waals surface area (Å²) in [7, 11) is 3.59. The molecule has 0 saturated carbocycles. The van der Waals surface area contributed by atoms with Gasteiger partial charge < -0.3 is 10.1 Å². The molecule has 0 spiro atoms. The first-order valence-corrected chi connectivity index (χ1v) is 5.26. The molecule has 0 aromatic carbocycles. The summed E-state index contributed by atoms with van der Waals surface area (Å²) in [5.41, 5.74) is 1.02. The molecule has 1 aromatic heterocycles. The molecule has 84 valence electrons. The number of nitrogens with zero attached hydrogens (tertiary/aromatic N) is 2. The molecule has 0 aliphatic carbocycles. The van der Waals surface area contributed by atoms with Gasteiger partial charge in [-0.2, -0.15) is 0 Å². The largest absolute Gasteiger partial charge is 0.481 e. The second-order valence-corrected chi connectivity index (χ2v) is 3.58. The van der Waals surface area contributed by atoms with Gasteiger partial charge in [0.25, 0.3) is 0 Å². The average Bonchev–Trinajstić information content (AvgIpc) is 2.30. The first-order chi connectivity index (χ1) is 7.22. The van der Waals surface area contributed by atoms with Crippen LogP contribution in [0.1, 0.15) is 31.9 Å². The van der Waals surface area contributed by atoms with E-state index in [-0.39, 0.29) is 0 Å². The monoisotopic (exact) mass is 209 g/mol. The number of hydrogen-bond acceptors (Lipinski definition) is 4. The van der Waals surface area contributed by atoms with E-state index in [0.717, 1.165) is 12.1 Å². The molecule has 1 N–H and O–H groups in total. The minimum Gasteiger partial charge on any atom is -0.481 e. The van der Waals surface area contributed by atoms with Crippen molar-refractivity contribution in [3.63, 3.8) is 0 Å². The molecular weight excluding hydrogens is 190 g/mol. The van der Waals surface area contributed by atoms with Gasteiger partial charge in [-0.25, -0.2) is 9.97 Å². The lowest BCUT2D eigenvalue weighted by molar-refractivity contribution is 0.392. The molecule has 0 aliphatic rings. The van der Waals surface area contributed by atoms with Crippen molar-refractivity contribution in [3.8, 4) is 5.88 Å². The van der Waals surface area contributed by atoms with Crippen molar-refractivity contribution >= 4 is 0 Å². The molecule has 15 heavy (non-hydrogen) atoms. The highest BCUT2D eigenvalue weighted by Crippen LogP contribution is 2.20. The van der Waals surface area contributed by atoms with Gasteiger partial charge in [-0.3, -0.25) is 0 Å². The molecule has 1 rings (SSSR count). The molecular formula is C11H19N3O. The fraction of sp³-hybridized carbons (Fsp3) is 0.636. The maximum atomic E-state index is 5.08. The summed E-state index contributed by atoms with van der Waals surface area (Å²) in [4.78, 5) is 8.27. The third-order valence-corrected chi connectivity index (χ3v) is 2.75. The number of methoxy groups -OCH3 is 1. The van der Waals surface area contributed by atoms with E-state index in [1.165, 1.54) is 0 Å². The zero-order chi connectivity index (χ0) is 11.3. The number of likely N-dealkylation sites (N-methyl/N-ethyl adjacent to an activating group) is 1. The predicted molar refractivity (Wildman–Crippen MR) is 60.1 cm³/mol. The van der Waals surface area contributed by atoms with Crippen molar-refractivity contribution in [3.05, 3.63) is 18.1 Å². The maximum Gasteiger partial charge on any atom is 0.216 e. The molecule has 0 saturated heterocycles. The summed E-state index contributed by atoms with van der Waals surface area (Å²) in [5, 5.41) is 3.29. The average molecular weight is 209 g/mol. The second-order valence-electron chi connectivity index (χ2n) is 3.58. The van der Waals surface area contributed by atoms with Crippen LogP contribution in [-0.2, 0) is 0 Å². The molecule has 4 heteroatoms. The molecule has 0 amide bonds. The summed E-state index contributed by atoms with van der Waals surface area (Å²) in [6.07, 6.45) is 2.62. The van der Waals surface area contributed by atoms with Gasteiger partial charge in [0.1, 0.15) is 6.33 Å². The van der Waals surface area contributed by atoms with E-state index >= 15 is 0 Å². The van der Waals surface area contributed by atoms with Gasteiger partial charge in [0.05, 0.1) is 12.8 Å². The number of hydrogen-bond donors (Lipinski definition) is 1. The zero-order valence-corrected chi connectivity index (χ0v) is 9.82. The standard InChI is InChI=1S/C11H19N3O/c1-5-9(12-3)8(2)10-6-11(15-4)14-7-13-10/h6-9,12H,5H2,1-4H3. The Morgan fingerprint density at radius 3 is 2.73 bits per heavy atom. The van der Waals surface area contributed by atoms with E-state index in [1.54, 1.807) is 13.4 Å². The summed E-state index contributed by atoms with van der Waals surface area (Å²) in [6.45, 7) is 4.32. The molecule has 0 radical (unpaired) electrons. The highest BCUT2D eigenvalue weighted by Gasteiger charge is 2.17. The van der Waals surface area contributed by atoms with Crippen LogP contribution in [0.2, 0.25) is 0 Å². The van der Waals surface area contributed by atoms with Gasteiger partial charge in [-0.1, -0.05) is 13.8 Å². The van der Waals surface area contributed by atoms with Crippen molar-refractivity contribution in [1.29, 1.82) is 0 Å². The van der Waals surface area contributed by atoms with Crippen molar-refractivity contribution in [2.75, 3.05) is 14.2 Å². The van der Waals surface area contributed by atoms with Crippen LogP contribution in [0.25, 0.3) is 0 Å². The third kappa shape index (κ3) is 2.89. The van der Waals surface area contributed by atoms with E-state index in [2.05, 4.69) is 29.1 Å². The fourth-order valence-corrected chi connectivity index (χ4v) is 1.73. The molecule has 1 aromatic rings. The Bertz CT molecular complexity index is 300. The van der Waals surface area contributed by atoms with Gasteiger partial charge >= 0.3 is 0 Å². The molecule has 1 heterocycles. The lowest BCUT2D eigenvalue weighted by Gasteiger charge is -2.21. The van der Waals surface area contributed by atoms with Crippen LogP contribution in [0.5, 0.6) is 5.88 Å². The molecule has 2 atom stereocenters. The van der Waals surface area contributed by atoms with Crippen LogP contribution in [0.15, 0.2) is 12.4 Å². The van der Waals surface area contributed by atoms with E-state index in [9.17, 15) is 0 Å². The molecule has 0 fully saturated rings. The fourth-order valence-electron chi connectivity index (χ4n) is 1.73. The van der Waals surface area contributed by atoms with Crippen molar-refractivity contribution in [1.82, 2.24) is 15.3 Å². The van der Waals surface area contributed by atoms with Gasteiger partial charge in [-0.05, 0) is 13.5 Å². The predicted octanol–water partition coefficient (Wildman–Crippen LogP) is 1.59. The lowest BCUT2D eigenvalue weighted by Crippen LogP contribution is -2.30. The first-order valence-electron chi connectivity index (χ1n) is 5.26. The van der Waals surface area contributed by atoms with Crippen molar-refractivity contribution in [2.45, 2.75) is 32.2 Å². The molecule has 4 nitrogen and oxygen atoms in total. The van der Waals surface area contributed by atoms with Crippen LogP contribution in [-0.4, -0.2) is 30.2 Å². The normalized spacial score (nSPS) is 14.7. The zero-order valence-electron chi connectivity index (χ0n) is 9.82. The summed E-state index contributed by atoms with van der Waals surface area (Å²) >= 11 is 0. The van der Waals surface area contributed by atoms with E-state index in [1.807, 2.05) is 13.1 Å². The van der Waals surface area contributed by atoms with Gasteiger partial charge in [0.15, 0.2) is 0 Å². The topological polar surface area (TPSA) is 47.0 Å². The first kappa shape index (κ1) is 11.9. The van der Waals surface area contributed by atoms with Gasteiger partial charge in [0, 0.05) is 18.0 Å². The molecule has 0 bridgehead atoms. The van der Waals surface area contributed by atoms with E-state index in [4.69, 9.17) is 4.74 Å². The maximum absolute atomic E-state index is 5.08. The number of ether oxygens (including phenoxy) is 1. The van der Waals surface area contributed by atoms with E-state index in [0.29, 0.717) is 17.8 Å². The van der Waals surface area contributed by atoms with Gasteiger partial charge in [0.2, 0.25) is 5.88 Å². The Balaban J connectivity index is 2.84. The number of aromatic nitrogens is 2. The van der Waals surface area contributed by atoms with Gasteiger partial charge in [-0.15, -0.1) is 0 Å². The van der Waals surface area contributed by atoms with Crippen LogP contribution in [0.3, 0.4) is 0 Å². The quantitative estimate of drug-likeness (QED) is 0.800. The SMILES string of the molecule is CCC(NC)C(C)c1cc(OC)ncn1. The molecule has 0 aliphatic heterocycles. The van der Waals surface area contributed by atoms with Crippen LogP contribution < -0.4 is 10.1 Å². The Morgan fingerprint density at radius 1 is 1.47 bits per heavy atom. The minimum atomic E-state index is 0.358. The van der Waals surface area contributed by atoms with E-state index < -0.39 is 0 Å². The van der Waals surface area contributed by atoms with Crippen molar-refractivity contribution < 1.29 is 4.74 Å². The van der Waals surface area contributed by atoms with Crippen LogP contribution in [0, 0.1) is 0 Å². The summed E-state index contributed by atoms with van der Waals surface area (Å²) in [5.74, 6) is 0.981. The third-order valence-electron chi connectivity index (χ3n) is 2.75. The Morgan fingerprint density at radius 2 is 2.20 bits per heavy atom. The summed E-state index contributed by atoms with van der Waals surface area (Å²) in [6, 6.07) is 2.33. The molecule has 2 unspecified atom stereocenters. The summed E-state index contributed by atoms with van der Waals surface area (Å²) < 4.78 is 5.08. The van der Waals surface area contributed by atoms with Crippen molar-refractivity contribution in [2.24, 2.45) is 0 Å². The smallest absolute Gasteiger partial charge is 0.216 e. The second kappa shape index (κ2) is 5.66.